The number of carbonyl (C=O) groups is 2. The lowest BCUT2D eigenvalue weighted by atomic mass is 9.84. The van der Waals surface area contributed by atoms with Crippen molar-refractivity contribution in [2.75, 3.05) is 11.9 Å². The average molecular weight is 288 g/mol. The minimum Gasteiger partial charge on any atom is -0.481 e. The van der Waals surface area contributed by atoms with E-state index in [0.29, 0.717) is 12.0 Å². The van der Waals surface area contributed by atoms with E-state index in [9.17, 15) is 14.7 Å². The van der Waals surface area contributed by atoms with Crippen molar-refractivity contribution in [2.24, 2.45) is 5.92 Å². The Morgan fingerprint density at radius 3 is 2.86 bits per heavy atom. The number of anilines is 1. The molecule has 0 spiro atoms. The maximum atomic E-state index is 12.4. The first-order valence-electron chi connectivity index (χ1n) is 7.55. The molecule has 1 amide bonds. The van der Waals surface area contributed by atoms with Crippen molar-refractivity contribution in [1.82, 2.24) is 5.32 Å². The number of hydrogen-bond donors (Lipinski definition) is 3. The van der Waals surface area contributed by atoms with Crippen LogP contribution in [0.15, 0.2) is 18.2 Å². The zero-order chi connectivity index (χ0) is 14.8. The lowest BCUT2D eigenvalue weighted by Gasteiger charge is -2.29. The van der Waals surface area contributed by atoms with Gasteiger partial charge in [0.1, 0.15) is 0 Å². The van der Waals surface area contributed by atoms with E-state index in [4.69, 9.17) is 0 Å². The van der Waals surface area contributed by atoms with Crippen LogP contribution in [0.25, 0.3) is 0 Å². The van der Waals surface area contributed by atoms with Crippen LogP contribution >= 0.6 is 0 Å². The molecular weight excluding hydrogens is 268 g/mol. The van der Waals surface area contributed by atoms with Gasteiger partial charge in [0.15, 0.2) is 0 Å². The van der Waals surface area contributed by atoms with Gasteiger partial charge in [0.25, 0.3) is 5.91 Å². The zero-order valence-electron chi connectivity index (χ0n) is 11.9. The van der Waals surface area contributed by atoms with Crippen LogP contribution in [0, 0.1) is 5.92 Å². The molecule has 5 heteroatoms. The third-order valence-electron chi connectivity index (χ3n) is 4.48. The highest BCUT2D eigenvalue weighted by Gasteiger charge is 2.32. The average Bonchev–Trinajstić information content (AvgIpc) is 2.94. The van der Waals surface area contributed by atoms with Crippen molar-refractivity contribution < 1.29 is 14.7 Å². The molecule has 0 radical (unpaired) electrons. The number of fused-ring (bicyclic) bond motifs is 1. The summed E-state index contributed by atoms with van der Waals surface area (Å²) in [4.78, 5) is 23.6. The fourth-order valence-electron chi connectivity index (χ4n) is 3.30. The Morgan fingerprint density at radius 1 is 1.24 bits per heavy atom. The molecule has 1 fully saturated rings. The molecule has 1 aromatic carbocycles. The van der Waals surface area contributed by atoms with E-state index in [1.165, 1.54) is 0 Å². The molecule has 1 heterocycles. The second-order valence-electron chi connectivity index (χ2n) is 5.86. The summed E-state index contributed by atoms with van der Waals surface area (Å²) in [6.45, 7) is 0.907. The maximum Gasteiger partial charge on any atom is 0.308 e. The van der Waals surface area contributed by atoms with Crippen LogP contribution in [-0.4, -0.2) is 29.6 Å². The molecular formula is C16H20N2O3. The summed E-state index contributed by atoms with van der Waals surface area (Å²) in [5.74, 6) is -1.43. The van der Waals surface area contributed by atoms with E-state index < -0.39 is 11.9 Å². The summed E-state index contributed by atoms with van der Waals surface area (Å²) in [6.07, 6.45) is 4.22. The Bertz CT molecular complexity index is 571. The van der Waals surface area contributed by atoms with Gasteiger partial charge in [-0.15, -0.1) is 0 Å². The molecule has 0 bridgehead atoms. The first-order valence-corrected chi connectivity index (χ1v) is 7.55. The number of aliphatic carboxylic acids is 1. The Balaban J connectivity index is 1.72. The Morgan fingerprint density at radius 2 is 2.05 bits per heavy atom. The van der Waals surface area contributed by atoms with Gasteiger partial charge in [-0.05, 0) is 43.0 Å². The van der Waals surface area contributed by atoms with Gasteiger partial charge >= 0.3 is 5.97 Å². The van der Waals surface area contributed by atoms with Crippen molar-refractivity contribution in [3.63, 3.8) is 0 Å². The third kappa shape index (κ3) is 2.86. The van der Waals surface area contributed by atoms with Gasteiger partial charge in [0, 0.05) is 23.8 Å². The van der Waals surface area contributed by atoms with E-state index in [1.807, 2.05) is 12.1 Å². The molecule has 112 valence electrons. The predicted molar refractivity (Wildman–Crippen MR) is 79.5 cm³/mol. The highest BCUT2D eigenvalue weighted by atomic mass is 16.4. The third-order valence-corrected chi connectivity index (χ3v) is 4.48. The highest BCUT2D eigenvalue weighted by Crippen LogP contribution is 2.26. The van der Waals surface area contributed by atoms with Gasteiger partial charge < -0.3 is 15.7 Å². The van der Waals surface area contributed by atoms with Gasteiger partial charge in [-0.3, -0.25) is 9.59 Å². The van der Waals surface area contributed by atoms with Gasteiger partial charge in [-0.2, -0.15) is 0 Å². The number of hydrogen-bond acceptors (Lipinski definition) is 3. The predicted octanol–water partition coefficient (Wildman–Crippen LogP) is 2.03. The minimum atomic E-state index is -0.807. The van der Waals surface area contributed by atoms with E-state index in [-0.39, 0.29) is 11.9 Å². The molecule has 5 nitrogen and oxygen atoms in total. The largest absolute Gasteiger partial charge is 0.481 e. The molecule has 2 atom stereocenters. The number of rotatable bonds is 3. The van der Waals surface area contributed by atoms with Crippen molar-refractivity contribution in [1.29, 1.82) is 0 Å². The SMILES string of the molecule is O=C(NC1CCCCC1C(=O)O)c1ccc2c(c1)CCN2. The normalized spacial score (nSPS) is 24.0. The summed E-state index contributed by atoms with van der Waals surface area (Å²) in [7, 11) is 0. The summed E-state index contributed by atoms with van der Waals surface area (Å²) < 4.78 is 0. The van der Waals surface area contributed by atoms with Crippen LogP contribution in [0.2, 0.25) is 0 Å². The van der Waals surface area contributed by atoms with E-state index >= 15 is 0 Å². The number of carboxylic acid groups (broad SMARTS) is 1. The Labute approximate surface area is 123 Å². The monoisotopic (exact) mass is 288 g/mol. The van der Waals surface area contributed by atoms with E-state index in [0.717, 1.165) is 43.5 Å². The Kier molecular flexibility index (Phi) is 3.82. The van der Waals surface area contributed by atoms with Crippen molar-refractivity contribution in [3.8, 4) is 0 Å². The van der Waals surface area contributed by atoms with Crippen LogP contribution in [0.5, 0.6) is 0 Å². The molecule has 2 unspecified atom stereocenters. The van der Waals surface area contributed by atoms with Crippen molar-refractivity contribution in [3.05, 3.63) is 29.3 Å². The summed E-state index contributed by atoms with van der Waals surface area (Å²) >= 11 is 0. The maximum absolute atomic E-state index is 12.4. The van der Waals surface area contributed by atoms with Gasteiger partial charge in [-0.1, -0.05) is 12.8 Å². The lowest BCUT2D eigenvalue weighted by molar-refractivity contribution is -0.143. The number of carbonyl (C=O) groups excluding carboxylic acids is 1. The van der Waals surface area contributed by atoms with Crippen LogP contribution in [0.1, 0.15) is 41.6 Å². The molecule has 0 aromatic heterocycles. The smallest absolute Gasteiger partial charge is 0.308 e. The Hall–Kier alpha value is -2.04. The summed E-state index contributed by atoms with van der Waals surface area (Å²) in [5.41, 5.74) is 2.86. The number of nitrogens with one attached hydrogen (secondary N) is 2. The van der Waals surface area contributed by atoms with E-state index in [2.05, 4.69) is 10.6 Å². The van der Waals surface area contributed by atoms with Crippen LogP contribution < -0.4 is 10.6 Å². The molecule has 3 N–H and O–H groups in total. The van der Waals surface area contributed by atoms with Crippen molar-refractivity contribution in [2.45, 2.75) is 38.1 Å². The second kappa shape index (κ2) is 5.76. The van der Waals surface area contributed by atoms with Gasteiger partial charge in [0.2, 0.25) is 0 Å². The first kappa shape index (κ1) is 13.9. The van der Waals surface area contributed by atoms with Crippen LogP contribution in [0.3, 0.4) is 0 Å². The fraction of sp³-hybridized carbons (Fsp3) is 0.500. The standard InChI is InChI=1S/C16H20N2O3/c19-15(11-5-6-13-10(9-11)7-8-17-13)18-14-4-2-1-3-12(14)16(20)21/h5-6,9,12,14,17H,1-4,7-8H2,(H,18,19)(H,20,21). The molecule has 3 rings (SSSR count). The molecule has 1 aromatic rings. The first-order chi connectivity index (χ1) is 10.1. The molecule has 21 heavy (non-hydrogen) atoms. The molecule has 1 aliphatic heterocycles. The minimum absolute atomic E-state index is 0.164. The molecule has 1 saturated carbocycles. The topological polar surface area (TPSA) is 78.4 Å². The number of benzene rings is 1. The summed E-state index contributed by atoms with van der Waals surface area (Å²) in [5, 5.41) is 15.4. The zero-order valence-corrected chi connectivity index (χ0v) is 11.9. The second-order valence-corrected chi connectivity index (χ2v) is 5.86. The number of carboxylic acids is 1. The van der Waals surface area contributed by atoms with Crippen molar-refractivity contribution >= 4 is 17.6 Å². The molecule has 2 aliphatic rings. The lowest BCUT2D eigenvalue weighted by Crippen LogP contribution is -2.45. The van der Waals surface area contributed by atoms with Gasteiger partial charge in [0.05, 0.1) is 5.92 Å². The number of amides is 1. The fourth-order valence-corrected chi connectivity index (χ4v) is 3.30. The highest BCUT2D eigenvalue weighted by molar-refractivity contribution is 5.95. The van der Waals surface area contributed by atoms with E-state index in [1.54, 1.807) is 6.07 Å². The van der Waals surface area contributed by atoms with Gasteiger partial charge in [-0.25, -0.2) is 0 Å². The molecule has 1 aliphatic carbocycles. The summed E-state index contributed by atoms with van der Waals surface area (Å²) in [6, 6.07) is 5.37. The molecule has 0 saturated heterocycles. The van der Waals surface area contributed by atoms with Crippen LogP contribution in [0.4, 0.5) is 5.69 Å². The quantitative estimate of drug-likeness (QED) is 0.795. The van der Waals surface area contributed by atoms with Crippen LogP contribution in [-0.2, 0) is 11.2 Å².